The van der Waals surface area contributed by atoms with Crippen LogP contribution in [0.5, 0.6) is 0 Å². The number of benzene rings is 2. The molecule has 0 aromatic heterocycles. The van der Waals surface area contributed by atoms with Gasteiger partial charge in [0.2, 0.25) is 0 Å². The Morgan fingerprint density at radius 3 is 1.88 bits per heavy atom. The Morgan fingerprint density at radius 1 is 0.840 bits per heavy atom. The number of likely N-dealkylation sites (tertiary alicyclic amines) is 1. The molecule has 1 fully saturated rings. The topological polar surface area (TPSA) is 3.24 Å². The molecule has 25 heavy (non-hydrogen) atoms. The molecule has 1 saturated heterocycles. The molecule has 136 valence electrons. The summed E-state index contributed by atoms with van der Waals surface area (Å²) in [5, 5.41) is 0.635. The maximum Gasteiger partial charge on any atom is 0.00749 e. The second-order valence-electron chi connectivity index (χ2n) is 6.69. The second-order valence-corrected chi connectivity index (χ2v) is 8.34. The van der Waals surface area contributed by atoms with Gasteiger partial charge in [-0.25, -0.2) is 0 Å². The highest BCUT2D eigenvalue weighted by molar-refractivity contribution is 7.99. The molecule has 0 atom stereocenters. The molecule has 0 aliphatic carbocycles. The first-order valence-electron chi connectivity index (χ1n) is 9.79. The number of rotatable bonds is 6. The Labute approximate surface area is 158 Å². The van der Waals surface area contributed by atoms with Gasteiger partial charge in [-0.05, 0) is 61.2 Å². The molecule has 1 aliphatic heterocycles. The molecule has 0 N–H and O–H groups in total. The van der Waals surface area contributed by atoms with Crippen molar-refractivity contribution in [2.24, 2.45) is 0 Å². The van der Waals surface area contributed by atoms with E-state index >= 15 is 0 Å². The lowest BCUT2D eigenvalue weighted by atomic mass is 10.0. The van der Waals surface area contributed by atoms with Crippen LogP contribution in [-0.2, 0) is 6.42 Å². The van der Waals surface area contributed by atoms with Crippen molar-refractivity contribution >= 4 is 11.8 Å². The van der Waals surface area contributed by atoms with Crippen molar-refractivity contribution in [2.45, 2.75) is 57.1 Å². The van der Waals surface area contributed by atoms with E-state index in [0.29, 0.717) is 5.25 Å². The lowest BCUT2D eigenvalue weighted by Crippen LogP contribution is -2.21. The number of nitrogens with zero attached hydrogens (tertiary/aromatic N) is 1. The third-order valence-electron chi connectivity index (χ3n) is 4.43. The molecule has 1 nitrogen and oxygen atoms in total. The van der Waals surface area contributed by atoms with Gasteiger partial charge in [0.1, 0.15) is 0 Å². The Balaban J connectivity index is 0.00000109. The first kappa shape index (κ1) is 20.1. The molecular formula is C23H33NS. The lowest BCUT2D eigenvalue weighted by Gasteiger charge is -2.14. The van der Waals surface area contributed by atoms with Crippen molar-refractivity contribution in [1.82, 2.24) is 4.90 Å². The minimum Gasteiger partial charge on any atom is -0.303 e. The van der Waals surface area contributed by atoms with Crippen LogP contribution in [0.3, 0.4) is 0 Å². The van der Waals surface area contributed by atoms with Crippen molar-refractivity contribution in [2.75, 3.05) is 19.6 Å². The van der Waals surface area contributed by atoms with Gasteiger partial charge >= 0.3 is 0 Å². The fourth-order valence-corrected chi connectivity index (χ4v) is 3.99. The molecule has 2 aromatic rings. The lowest BCUT2D eigenvalue weighted by molar-refractivity contribution is 0.343. The maximum atomic E-state index is 2.58. The number of hydrogen-bond acceptors (Lipinski definition) is 2. The van der Waals surface area contributed by atoms with Crippen molar-refractivity contribution in [1.29, 1.82) is 0 Å². The Hall–Kier alpha value is -1.25. The molecule has 3 rings (SSSR count). The van der Waals surface area contributed by atoms with Gasteiger partial charge in [0.05, 0.1) is 0 Å². The minimum atomic E-state index is 0.635. The van der Waals surface area contributed by atoms with Crippen LogP contribution >= 0.6 is 11.8 Å². The summed E-state index contributed by atoms with van der Waals surface area (Å²) in [7, 11) is 0. The van der Waals surface area contributed by atoms with E-state index in [1.807, 2.05) is 25.6 Å². The molecule has 2 aromatic carbocycles. The number of hydrogen-bond donors (Lipinski definition) is 0. The van der Waals surface area contributed by atoms with Gasteiger partial charge in [-0.1, -0.05) is 64.1 Å². The fraction of sp³-hybridized carbons (Fsp3) is 0.478. The average Bonchev–Trinajstić information content (AvgIpc) is 3.16. The van der Waals surface area contributed by atoms with Gasteiger partial charge in [0.25, 0.3) is 0 Å². The van der Waals surface area contributed by atoms with Gasteiger partial charge in [-0.2, -0.15) is 0 Å². The molecule has 1 heterocycles. The first-order valence-corrected chi connectivity index (χ1v) is 10.7. The summed E-state index contributed by atoms with van der Waals surface area (Å²) in [6.07, 6.45) is 3.93. The van der Waals surface area contributed by atoms with E-state index in [-0.39, 0.29) is 0 Å². The van der Waals surface area contributed by atoms with Gasteiger partial charge < -0.3 is 4.90 Å². The van der Waals surface area contributed by atoms with Crippen LogP contribution in [0.2, 0.25) is 0 Å². The molecule has 0 bridgehead atoms. The summed E-state index contributed by atoms with van der Waals surface area (Å²) in [5.41, 5.74) is 4.08. The molecule has 0 saturated carbocycles. The van der Waals surface area contributed by atoms with Crippen LogP contribution in [0.25, 0.3) is 11.1 Å². The molecule has 1 aliphatic rings. The predicted octanol–water partition coefficient (Wildman–Crippen LogP) is 6.52. The van der Waals surface area contributed by atoms with Gasteiger partial charge in [0.15, 0.2) is 0 Å². The third kappa shape index (κ3) is 6.52. The normalized spacial score (nSPS) is 14.4. The average molecular weight is 356 g/mol. The summed E-state index contributed by atoms with van der Waals surface area (Å²) in [6, 6.07) is 18.1. The molecular weight excluding hydrogens is 322 g/mol. The Morgan fingerprint density at radius 2 is 1.36 bits per heavy atom. The Kier molecular flexibility index (Phi) is 8.57. The highest BCUT2D eigenvalue weighted by atomic mass is 32.2. The minimum absolute atomic E-state index is 0.635. The smallest absolute Gasteiger partial charge is 0.00749 e. The Bertz CT molecular complexity index is 595. The zero-order chi connectivity index (χ0) is 18.1. The zero-order valence-corrected chi connectivity index (χ0v) is 17.1. The largest absolute Gasteiger partial charge is 0.303 e. The van der Waals surface area contributed by atoms with E-state index in [9.17, 15) is 0 Å². The first-order chi connectivity index (χ1) is 12.2. The summed E-state index contributed by atoms with van der Waals surface area (Å²) in [6.45, 7) is 12.3. The zero-order valence-electron chi connectivity index (χ0n) is 16.3. The molecule has 0 radical (unpaired) electrons. The van der Waals surface area contributed by atoms with Crippen LogP contribution in [0.4, 0.5) is 0 Å². The van der Waals surface area contributed by atoms with Crippen LogP contribution in [0.1, 0.15) is 46.1 Å². The second kappa shape index (κ2) is 10.7. The van der Waals surface area contributed by atoms with Gasteiger partial charge in [-0.3, -0.25) is 0 Å². The molecule has 0 spiro atoms. The maximum absolute atomic E-state index is 2.58. The van der Waals surface area contributed by atoms with Crippen molar-refractivity contribution in [3.8, 4) is 11.1 Å². The summed E-state index contributed by atoms with van der Waals surface area (Å²) < 4.78 is 0. The predicted molar refractivity (Wildman–Crippen MR) is 114 cm³/mol. The molecule has 0 unspecified atom stereocenters. The van der Waals surface area contributed by atoms with Crippen molar-refractivity contribution in [3.63, 3.8) is 0 Å². The highest BCUT2D eigenvalue weighted by Gasteiger charge is 2.10. The van der Waals surface area contributed by atoms with Crippen molar-refractivity contribution in [3.05, 3.63) is 54.1 Å². The van der Waals surface area contributed by atoms with E-state index in [2.05, 4.69) is 67.3 Å². The van der Waals surface area contributed by atoms with Crippen LogP contribution in [0, 0.1) is 0 Å². The molecule has 2 heteroatoms. The van der Waals surface area contributed by atoms with Crippen LogP contribution in [0.15, 0.2) is 53.4 Å². The van der Waals surface area contributed by atoms with E-state index in [1.54, 1.807) is 0 Å². The van der Waals surface area contributed by atoms with Crippen LogP contribution < -0.4 is 0 Å². The van der Waals surface area contributed by atoms with E-state index in [0.717, 1.165) is 0 Å². The van der Waals surface area contributed by atoms with E-state index in [1.165, 1.54) is 60.5 Å². The quantitative estimate of drug-likeness (QED) is 0.543. The van der Waals surface area contributed by atoms with E-state index in [4.69, 9.17) is 0 Å². The van der Waals surface area contributed by atoms with Crippen molar-refractivity contribution < 1.29 is 0 Å². The summed E-state index contributed by atoms with van der Waals surface area (Å²) >= 11 is 1.92. The van der Waals surface area contributed by atoms with Gasteiger partial charge in [-0.15, -0.1) is 11.8 Å². The summed E-state index contributed by atoms with van der Waals surface area (Å²) in [5.74, 6) is 0. The fourth-order valence-electron chi connectivity index (χ4n) is 3.16. The van der Waals surface area contributed by atoms with Crippen LogP contribution in [-0.4, -0.2) is 29.8 Å². The summed E-state index contributed by atoms with van der Waals surface area (Å²) in [4.78, 5) is 3.94. The monoisotopic (exact) mass is 355 g/mol. The molecule has 0 amide bonds. The van der Waals surface area contributed by atoms with Gasteiger partial charge in [0, 0.05) is 16.7 Å². The number of thioether (sulfide) groups is 1. The standard InChI is InChI=1S/C21H27NS.C2H6/c1-17(2)23-21-11-9-20(10-12-21)19-7-5-18(6-8-19)13-16-22-14-3-4-15-22;1-2/h5-12,17H,3-4,13-16H2,1-2H3;1-2H3. The SMILES string of the molecule is CC.CC(C)Sc1ccc(-c2ccc(CCN3CCCC3)cc2)cc1. The highest BCUT2D eigenvalue weighted by Crippen LogP contribution is 2.27. The third-order valence-corrected chi connectivity index (χ3v) is 5.44. The van der Waals surface area contributed by atoms with E-state index < -0.39 is 0 Å².